The number of carbonyl (C=O) groups excluding carboxylic acids is 2. The van der Waals surface area contributed by atoms with Gasteiger partial charge in [0.15, 0.2) is 0 Å². The maximum Gasteiger partial charge on any atom is 0.348 e. The van der Waals surface area contributed by atoms with Gasteiger partial charge in [0.05, 0.1) is 0 Å². The highest BCUT2D eigenvalue weighted by Crippen LogP contribution is 2.31. The van der Waals surface area contributed by atoms with Crippen LogP contribution < -0.4 is 4.74 Å². The van der Waals surface area contributed by atoms with Crippen molar-refractivity contribution in [3.05, 3.63) is 67.6 Å². The molecule has 3 rings (SSSR count). The van der Waals surface area contributed by atoms with Crippen molar-refractivity contribution < 1.29 is 23.8 Å². The molecule has 146 valence electrons. The molecular formula is C20H15BrCl2O5. The van der Waals surface area contributed by atoms with Crippen molar-refractivity contribution in [2.75, 3.05) is 0 Å². The van der Waals surface area contributed by atoms with E-state index in [4.69, 9.17) is 37.4 Å². The number of cyclic esters (lactones) is 2. The molecule has 1 aliphatic rings. The van der Waals surface area contributed by atoms with Gasteiger partial charge in [-0.1, -0.05) is 45.2 Å². The fourth-order valence-corrected chi connectivity index (χ4v) is 3.40. The van der Waals surface area contributed by atoms with Gasteiger partial charge in [-0.05, 0) is 36.4 Å². The molecule has 0 aromatic heterocycles. The normalized spacial score (nSPS) is 15.7. The molecule has 5 nitrogen and oxygen atoms in total. The number of rotatable bonds is 4. The molecule has 0 saturated carbocycles. The summed E-state index contributed by atoms with van der Waals surface area (Å²) in [5, 5.41) is 0.956. The van der Waals surface area contributed by atoms with E-state index in [0.29, 0.717) is 26.9 Å². The summed E-state index contributed by atoms with van der Waals surface area (Å²) in [6, 6.07) is 10.3. The third-order valence-electron chi connectivity index (χ3n) is 3.82. The van der Waals surface area contributed by atoms with Crippen molar-refractivity contribution in [1.29, 1.82) is 0 Å². The van der Waals surface area contributed by atoms with Gasteiger partial charge in [0.1, 0.15) is 17.9 Å². The molecular weight excluding hydrogens is 471 g/mol. The zero-order valence-corrected chi connectivity index (χ0v) is 18.0. The van der Waals surface area contributed by atoms with Crippen molar-refractivity contribution in [2.24, 2.45) is 0 Å². The van der Waals surface area contributed by atoms with E-state index in [9.17, 15) is 9.59 Å². The third kappa shape index (κ3) is 4.69. The number of carbonyl (C=O) groups is 2. The smallest absolute Gasteiger partial charge is 0.348 e. The summed E-state index contributed by atoms with van der Waals surface area (Å²) >= 11 is 15.7. The Morgan fingerprint density at radius 2 is 1.68 bits per heavy atom. The van der Waals surface area contributed by atoms with E-state index in [0.717, 1.165) is 4.47 Å². The SMILES string of the molecule is CC1(C)OC(=O)C(=Cc2cc(Br)ccc2OCc2c(Cl)cccc2Cl)C(=O)O1. The van der Waals surface area contributed by atoms with Crippen LogP contribution in [0.5, 0.6) is 5.75 Å². The molecule has 0 atom stereocenters. The molecule has 1 fully saturated rings. The molecule has 0 spiro atoms. The lowest BCUT2D eigenvalue weighted by atomic mass is 10.1. The van der Waals surface area contributed by atoms with Gasteiger partial charge in [0.2, 0.25) is 0 Å². The van der Waals surface area contributed by atoms with Crippen LogP contribution >= 0.6 is 39.1 Å². The summed E-state index contributed by atoms with van der Waals surface area (Å²) < 4.78 is 16.8. The first-order valence-corrected chi connectivity index (χ1v) is 9.75. The number of benzene rings is 2. The molecule has 0 aliphatic carbocycles. The van der Waals surface area contributed by atoms with Crippen molar-refractivity contribution >= 4 is 57.1 Å². The molecule has 1 aliphatic heterocycles. The number of ether oxygens (including phenoxy) is 3. The van der Waals surface area contributed by atoms with Crippen LogP contribution in [0.25, 0.3) is 6.08 Å². The zero-order chi connectivity index (χ0) is 20.5. The lowest BCUT2D eigenvalue weighted by Gasteiger charge is -2.29. The average Bonchev–Trinajstić information content (AvgIpc) is 2.58. The maximum absolute atomic E-state index is 12.2. The average molecular weight is 486 g/mol. The summed E-state index contributed by atoms with van der Waals surface area (Å²) in [5.41, 5.74) is 0.893. The molecule has 0 radical (unpaired) electrons. The van der Waals surface area contributed by atoms with Crippen molar-refractivity contribution in [1.82, 2.24) is 0 Å². The predicted molar refractivity (Wildman–Crippen MR) is 109 cm³/mol. The highest BCUT2D eigenvalue weighted by Gasteiger charge is 2.39. The van der Waals surface area contributed by atoms with E-state index in [1.165, 1.54) is 19.9 Å². The van der Waals surface area contributed by atoms with E-state index in [-0.39, 0.29) is 12.2 Å². The van der Waals surface area contributed by atoms with Crippen LogP contribution in [0.4, 0.5) is 0 Å². The molecule has 28 heavy (non-hydrogen) atoms. The lowest BCUT2D eigenvalue weighted by molar-refractivity contribution is -0.222. The first-order chi connectivity index (χ1) is 13.2. The van der Waals surface area contributed by atoms with Gasteiger partial charge in [-0.15, -0.1) is 0 Å². The van der Waals surface area contributed by atoms with Gasteiger partial charge in [0, 0.05) is 39.5 Å². The van der Waals surface area contributed by atoms with E-state index in [2.05, 4.69) is 15.9 Å². The molecule has 1 heterocycles. The fraction of sp³-hybridized carbons (Fsp3) is 0.200. The minimum Gasteiger partial charge on any atom is -0.488 e. The van der Waals surface area contributed by atoms with Crippen LogP contribution in [0.2, 0.25) is 10.0 Å². The third-order valence-corrected chi connectivity index (χ3v) is 5.02. The Kier molecular flexibility index (Phi) is 6.03. The van der Waals surface area contributed by atoms with E-state index in [1.54, 1.807) is 36.4 Å². The van der Waals surface area contributed by atoms with E-state index >= 15 is 0 Å². The van der Waals surface area contributed by atoms with Gasteiger partial charge in [0.25, 0.3) is 5.79 Å². The maximum atomic E-state index is 12.2. The Labute approximate surface area is 180 Å². The molecule has 0 unspecified atom stereocenters. The Morgan fingerprint density at radius 1 is 1.07 bits per heavy atom. The van der Waals surface area contributed by atoms with Crippen LogP contribution in [0.15, 0.2) is 46.4 Å². The Bertz CT molecular complexity index is 942. The van der Waals surface area contributed by atoms with Crippen LogP contribution in [0, 0.1) is 0 Å². The second-order valence-electron chi connectivity index (χ2n) is 6.41. The first-order valence-electron chi connectivity index (χ1n) is 8.20. The van der Waals surface area contributed by atoms with E-state index < -0.39 is 17.7 Å². The van der Waals surface area contributed by atoms with E-state index in [1.807, 2.05) is 0 Å². The van der Waals surface area contributed by atoms with Gasteiger partial charge >= 0.3 is 11.9 Å². The number of esters is 2. The van der Waals surface area contributed by atoms with Crippen LogP contribution in [0.1, 0.15) is 25.0 Å². The molecule has 2 aromatic carbocycles. The molecule has 0 amide bonds. The largest absolute Gasteiger partial charge is 0.488 e. The van der Waals surface area contributed by atoms with Gasteiger partial charge < -0.3 is 14.2 Å². The van der Waals surface area contributed by atoms with Crippen molar-refractivity contribution in [3.8, 4) is 5.75 Å². The molecule has 8 heteroatoms. The number of hydrogen-bond acceptors (Lipinski definition) is 5. The Balaban J connectivity index is 1.91. The molecule has 2 aromatic rings. The summed E-state index contributed by atoms with van der Waals surface area (Å²) in [7, 11) is 0. The number of hydrogen-bond donors (Lipinski definition) is 0. The van der Waals surface area contributed by atoms with Crippen molar-refractivity contribution in [3.63, 3.8) is 0 Å². The monoisotopic (exact) mass is 484 g/mol. The van der Waals surface area contributed by atoms with Crippen LogP contribution in [-0.4, -0.2) is 17.7 Å². The summed E-state index contributed by atoms with van der Waals surface area (Å²) in [4.78, 5) is 24.4. The molecule has 1 saturated heterocycles. The number of halogens is 3. The topological polar surface area (TPSA) is 61.8 Å². The van der Waals surface area contributed by atoms with Gasteiger partial charge in [-0.2, -0.15) is 0 Å². The standard InChI is InChI=1S/C20H15BrCl2O5/c1-20(2)27-18(24)13(19(25)28-20)9-11-8-12(21)6-7-17(11)26-10-14-15(22)4-3-5-16(14)23/h3-9H,10H2,1-2H3. The Morgan fingerprint density at radius 3 is 2.29 bits per heavy atom. The second kappa shape index (κ2) is 8.15. The minimum atomic E-state index is -1.30. The summed E-state index contributed by atoms with van der Waals surface area (Å²) in [6.45, 7) is 3.08. The fourth-order valence-electron chi connectivity index (χ4n) is 2.52. The minimum absolute atomic E-state index is 0.109. The summed E-state index contributed by atoms with van der Waals surface area (Å²) in [5.74, 6) is -2.40. The molecule has 0 N–H and O–H groups in total. The van der Waals surface area contributed by atoms with Gasteiger partial charge in [-0.3, -0.25) is 0 Å². The highest BCUT2D eigenvalue weighted by atomic mass is 79.9. The zero-order valence-electron chi connectivity index (χ0n) is 14.9. The first kappa shape index (κ1) is 20.7. The lowest BCUT2D eigenvalue weighted by Crippen LogP contribution is -2.41. The van der Waals surface area contributed by atoms with Crippen LogP contribution in [0.3, 0.4) is 0 Å². The summed E-state index contributed by atoms with van der Waals surface area (Å²) in [6.07, 6.45) is 1.37. The predicted octanol–water partition coefficient (Wildman–Crippen LogP) is 5.55. The van der Waals surface area contributed by atoms with Gasteiger partial charge in [-0.25, -0.2) is 9.59 Å². The second-order valence-corrected chi connectivity index (χ2v) is 8.14. The Hall–Kier alpha value is -2.02. The van der Waals surface area contributed by atoms with Crippen LogP contribution in [-0.2, 0) is 25.7 Å². The quantitative estimate of drug-likeness (QED) is 0.322. The highest BCUT2D eigenvalue weighted by molar-refractivity contribution is 9.10. The molecule has 0 bridgehead atoms. The van der Waals surface area contributed by atoms with Crippen molar-refractivity contribution in [2.45, 2.75) is 26.2 Å².